The fourth-order valence-electron chi connectivity index (χ4n) is 1.85. The molecule has 1 amide bonds. The van der Waals surface area contributed by atoms with Crippen LogP contribution in [-0.4, -0.2) is 26.2 Å². The molecule has 1 aliphatic carbocycles. The number of benzene rings is 1. The SMILES string of the molecule is COc1cccc(OCCNC(=O)C2CCC2)c1. The van der Waals surface area contributed by atoms with Crippen LogP contribution in [-0.2, 0) is 4.79 Å². The van der Waals surface area contributed by atoms with Crippen molar-refractivity contribution in [3.05, 3.63) is 24.3 Å². The van der Waals surface area contributed by atoms with E-state index in [0.717, 1.165) is 24.3 Å². The van der Waals surface area contributed by atoms with E-state index in [1.165, 1.54) is 6.42 Å². The maximum absolute atomic E-state index is 11.6. The van der Waals surface area contributed by atoms with Gasteiger partial charge in [0.05, 0.1) is 13.7 Å². The highest BCUT2D eigenvalue weighted by molar-refractivity contribution is 5.79. The van der Waals surface area contributed by atoms with Crippen molar-refractivity contribution in [3.8, 4) is 11.5 Å². The van der Waals surface area contributed by atoms with E-state index in [4.69, 9.17) is 9.47 Å². The van der Waals surface area contributed by atoms with Gasteiger partial charge in [-0.2, -0.15) is 0 Å². The molecule has 4 heteroatoms. The summed E-state index contributed by atoms with van der Waals surface area (Å²) in [4.78, 5) is 11.6. The van der Waals surface area contributed by atoms with Gasteiger partial charge in [-0.05, 0) is 25.0 Å². The van der Waals surface area contributed by atoms with Crippen LogP contribution in [0.2, 0.25) is 0 Å². The monoisotopic (exact) mass is 249 g/mol. The average molecular weight is 249 g/mol. The largest absolute Gasteiger partial charge is 0.497 e. The van der Waals surface area contributed by atoms with Crippen LogP contribution >= 0.6 is 0 Å². The van der Waals surface area contributed by atoms with Gasteiger partial charge in [-0.25, -0.2) is 0 Å². The van der Waals surface area contributed by atoms with Crippen LogP contribution in [0.4, 0.5) is 0 Å². The Labute approximate surface area is 107 Å². The molecule has 0 spiro atoms. The Morgan fingerprint density at radius 3 is 2.83 bits per heavy atom. The Morgan fingerprint density at radius 2 is 2.17 bits per heavy atom. The van der Waals surface area contributed by atoms with E-state index in [-0.39, 0.29) is 11.8 Å². The first-order chi connectivity index (χ1) is 8.79. The maximum Gasteiger partial charge on any atom is 0.223 e. The molecule has 1 saturated carbocycles. The molecule has 0 heterocycles. The number of nitrogens with one attached hydrogen (secondary N) is 1. The van der Waals surface area contributed by atoms with Gasteiger partial charge in [0.25, 0.3) is 0 Å². The molecule has 0 radical (unpaired) electrons. The molecule has 1 aromatic rings. The number of hydrogen-bond acceptors (Lipinski definition) is 3. The molecule has 4 nitrogen and oxygen atoms in total. The highest BCUT2D eigenvalue weighted by Gasteiger charge is 2.24. The van der Waals surface area contributed by atoms with Crippen molar-refractivity contribution in [2.24, 2.45) is 5.92 Å². The normalized spacial score (nSPS) is 14.7. The van der Waals surface area contributed by atoms with Crippen LogP contribution in [0.15, 0.2) is 24.3 Å². The van der Waals surface area contributed by atoms with Gasteiger partial charge in [-0.3, -0.25) is 4.79 Å². The van der Waals surface area contributed by atoms with Crippen LogP contribution in [0.1, 0.15) is 19.3 Å². The Morgan fingerprint density at radius 1 is 1.39 bits per heavy atom. The van der Waals surface area contributed by atoms with Crippen LogP contribution in [0.3, 0.4) is 0 Å². The zero-order valence-corrected chi connectivity index (χ0v) is 10.6. The first-order valence-corrected chi connectivity index (χ1v) is 6.34. The smallest absolute Gasteiger partial charge is 0.223 e. The first kappa shape index (κ1) is 12.7. The zero-order chi connectivity index (χ0) is 12.8. The predicted octanol–water partition coefficient (Wildman–Crippen LogP) is 1.99. The Bertz CT molecular complexity index is 402. The fraction of sp³-hybridized carbons (Fsp3) is 0.500. The molecular formula is C14H19NO3. The number of ether oxygens (including phenoxy) is 2. The van der Waals surface area contributed by atoms with Gasteiger partial charge < -0.3 is 14.8 Å². The lowest BCUT2D eigenvalue weighted by molar-refractivity contribution is -0.127. The van der Waals surface area contributed by atoms with E-state index in [2.05, 4.69) is 5.32 Å². The number of methoxy groups -OCH3 is 1. The van der Waals surface area contributed by atoms with Gasteiger partial charge in [-0.15, -0.1) is 0 Å². The molecule has 0 aliphatic heterocycles. The number of carbonyl (C=O) groups excluding carboxylic acids is 1. The van der Waals surface area contributed by atoms with Crippen molar-refractivity contribution in [1.29, 1.82) is 0 Å². The minimum Gasteiger partial charge on any atom is -0.497 e. The van der Waals surface area contributed by atoms with Gasteiger partial charge in [-0.1, -0.05) is 12.5 Å². The van der Waals surface area contributed by atoms with E-state index in [1.54, 1.807) is 7.11 Å². The Hall–Kier alpha value is -1.71. The molecule has 0 aromatic heterocycles. The van der Waals surface area contributed by atoms with Gasteiger partial charge >= 0.3 is 0 Å². The molecule has 1 aliphatic rings. The summed E-state index contributed by atoms with van der Waals surface area (Å²) in [6.07, 6.45) is 3.24. The lowest BCUT2D eigenvalue weighted by atomic mass is 9.85. The van der Waals surface area contributed by atoms with Gasteiger partial charge in [0.15, 0.2) is 0 Å². The standard InChI is InChI=1S/C14H19NO3/c1-17-12-6-3-7-13(10-12)18-9-8-15-14(16)11-4-2-5-11/h3,6-7,10-11H,2,4-5,8-9H2,1H3,(H,15,16). The third-order valence-electron chi connectivity index (χ3n) is 3.19. The van der Waals surface area contributed by atoms with Crippen LogP contribution in [0.5, 0.6) is 11.5 Å². The van der Waals surface area contributed by atoms with E-state index >= 15 is 0 Å². The number of amides is 1. The molecule has 1 fully saturated rings. The predicted molar refractivity (Wildman–Crippen MR) is 68.8 cm³/mol. The number of carbonyl (C=O) groups is 1. The summed E-state index contributed by atoms with van der Waals surface area (Å²) in [5, 5.41) is 2.89. The van der Waals surface area contributed by atoms with Gasteiger partial charge in [0.1, 0.15) is 18.1 Å². The summed E-state index contributed by atoms with van der Waals surface area (Å²) in [5.41, 5.74) is 0. The van der Waals surface area contributed by atoms with Crippen LogP contribution < -0.4 is 14.8 Å². The van der Waals surface area contributed by atoms with Crippen LogP contribution in [0, 0.1) is 5.92 Å². The van der Waals surface area contributed by atoms with E-state index in [0.29, 0.717) is 13.2 Å². The van der Waals surface area contributed by atoms with Crippen molar-refractivity contribution in [2.75, 3.05) is 20.3 Å². The summed E-state index contributed by atoms with van der Waals surface area (Å²) in [7, 11) is 1.62. The second kappa shape index (κ2) is 6.28. The lowest BCUT2D eigenvalue weighted by Gasteiger charge is -2.23. The quantitative estimate of drug-likeness (QED) is 0.784. The summed E-state index contributed by atoms with van der Waals surface area (Å²) < 4.78 is 10.6. The molecule has 0 unspecified atom stereocenters. The van der Waals surface area contributed by atoms with E-state index in [9.17, 15) is 4.79 Å². The van der Waals surface area contributed by atoms with Crippen molar-refractivity contribution in [3.63, 3.8) is 0 Å². The van der Waals surface area contributed by atoms with Crippen molar-refractivity contribution >= 4 is 5.91 Å². The molecule has 2 rings (SSSR count). The molecule has 1 aromatic carbocycles. The highest BCUT2D eigenvalue weighted by Crippen LogP contribution is 2.26. The van der Waals surface area contributed by atoms with E-state index in [1.807, 2.05) is 24.3 Å². The van der Waals surface area contributed by atoms with Crippen molar-refractivity contribution in [2.45, 2.75) is 19.3 Å². The molecule has 1 N–H and O–H groups in total. The Kier molecular flexibility index (Phi) is 4.45. The summed E-state index contributed by atoms with van der Waals surface area (Å²) >= 11 is 0. The third-order valence-corrected chi connectivity index (χ3v) is 3.19. The molecule has 18 heavy (non-hydrogen) atoms. The fourth-order valence-corrected chi connectivity index (χ4v) is 1.85. The maximum atomic E-state index is 11.6. The molecule has 0 saturated heterocycles. The minimum absolute atomic E-state index is 0.162. The molecule has 0 bridgehead atoms. The van der Waals surface area contributed by atoms with Gasteiger partial charge in [0.2, 0.25) is 5.91 Å². The third kappa shape index (κ3) is 3.39. The van der Waals surface area contributed by atoms with Crippen LogP contribution in [0.25, 0.3) is 0 Å². The Balaban J connectivity index is 1.66. The molecule has 0 atom stereocenters. The van der Waals surface area contributed by atoms with E-state index < -0.39 is 0 Å². The molecule has 98 valence electrons. The second-order valence-electron chi connectivity index (χ2n) is 4.45. The summed E-state index contributed by atoms with van der Waals surface area (Å²) in [5.74, 6) is 1.93. The minimum atomic E-state index is 0.162. The number of hydrogen-bond donors (Lipinski definition) is 1. The number of rotatable bonds is 6. The summed E-state index contributed by atoms with van der Waals surface area (Å²) in [6, 6.07) is 7.44. The average Bonchev–Trinajstić information content (AvgIpc) is 2.33. The lowest BCUT2D eigenvalue weighted by Crippen LogP contribution is -2.36. The topological polar surface area (TPSA) is 47.6 Å². The molecular weight excluding hydrogens is 230 g/mol. The highest BCUT2D eigenvalue weighted by atomic mass is 16.5. The van der Waals surface area contributed by atoms with Crippen molar-refractivity contribution < 1.29 is 14.3 Å². The van der Waals surface area contributed by atoms with Crippen molar-refractivity contribution in [1.82, 2.24) is 5.32 Å². The zero-order valence-electron chi connectivity index (χ0n) is 10.6. The van der Waals surface area contributed by atoms with Gasteiger partial charge in [0, 0.05) is 12.0 Å². The second-order valence-corrected chi connectivity index (χ2v) is 4.45. The summed E-state index contributed by atoms with van der Waals surface area (Å²) in [6.45, 7) is 1.03. The first-order valence-electron chi connectivity index (χ1n) is 6.34.